The minimum Gasteiger partial charge on any atom is -0.348 e. The molecule has 0 bridgehead atoms. The Hall–Kier alpha value is -3.20. The van der Waals surface area contributed by atoms with Gasteiger partial charge in [0.1, 0.15) is 11.8 Å². The molecule has 0 radical (unpaired) electrons. The monoisotopic (exact) mass is 362 g/mol. The van der Waals surface area contributed by atoms with Crippen molar-refractivity contribution in [1.82, 2.24) is 10.3 Å². The van der Waals surface area contributed by atoms with E-state index in [9.17, 15) is 9.59 Å². The molecule has 3 rings (SSSR count). The molecule has 0 unspecified atom stereocenters. The van der Waals surface area contributed by atoms with E-state index in [1.807, 2.05) is 6.07 Å². The largest absolute Gasteiger partial charge is 0.348 e. The molecule has 2 aromatic rings. The first kappa shape index (κ1) is 18.6. The van der Waals surface area contributed by atoms with Gasteiger partial charge in [0.05, 0.1) is 11.3 Å². The van der Waals surface area contributed by atoms with Crippen LogP contribution in [-0.2, 0) is 0 Å². The normalized spacial score (nSPS) is 14.6. The van der Waals surface area contributed by atoms with Crippen LogP contribution in [0.4, 0.5) is 5.69 Å². The van der Waals surface area contributed by atoms with Gasteiger partial charge in [-0.05, 0) is 37.1 Å². The number of nitrogens with one attached hydrogen (secondary N) is 2. The zero-order valence-corrected chi connectivity index (χ0v) is 15.1. The zero-order valence-electron chi connectivity index (χ0n) is 15.1. The summed E-state index contributed by atoms with van der Waals surface area (Å²) in [4.78, 5) is 29.1. The Morgan fingerprint density at radius 1 is 1.04 bits per heavy atom. The summed E-state index contributed by atoms with van der Waals surface area (Å²) in [5, 5.41) is 14.9. The Morgan fingerprint density at radius 2 is 1.78 bits per heavy atom. The highest BCUT2D eigenvalue weighted by atomic mass is 16.2. The van der Waals surface area contributed by atoms with Crippen LogP contribution in [0.5, 0.6) is 0 Å². The van der Waals surface area contributed by atoms with Crippen molar-refractivity contribution in [2.75, 3.05) is 5.32 Å². The predicted octanol–water partition coefficient (Wildman–Crippen LogP) is 3.66. The van der Waals surface area contributed by atoms with Crippen LogP contribution >= 0.6 is 0 Å². The number of benzene rings is 1. The molecule has 27 heavy (non-hydrogen) atoms. The predicted molar refractivity (Wildman–Crippen MR) is 102 cm³/mol. The minimum atomic E-state index is -0.386. The summed E-state index contributed by atoms with van der Waals surface area (Å²) in [5.74, 6) is -0.641. The fourth-order valence-corrected chi connectivity index (χ4v) is 3.26. The molecule has 0 aliphatic heterocycles. The van der Waals surface area contributed by atoms with Crippen molar-refractivity contribution in [2.24, 2.45) is 0 Å². The highest BCUT2D eigenvalue weighted by Crippen LogP contribution is 2.18. The van der Waals surface area contributed by atoms with Crippen LogP contribution in [0.15, 0.2) is 42.6 Å². The number of anilines is 1. The van der Waals surface area contributed by atoms with Gasteiger partial charge in [-0.2, -0.15) is 5.26 Å². The Bertz CT molecular complexity index is 864. The van der Waals surface area contributed by atoms with Gasteiger partial charge in [0.25, 0.3) is 11.8 Å². The SMILES string of the molecule is N#Cc1ccccc1NC(=O)c1ccnc(C(=O)NC2CCCCCC2)c1. The second-order valence-corrected chi connectivity index (χ2v) is 6.70. The van der Waals surface area contributed by atoms with E-state index in [0.717, 1.165) is 25.7 Å². The van der Waals surface area contributed by atoms with Crippen LogP contribution < -0.4 is 10.6 Å². The van der Waals surface area contributed by atoms with Crippen molar-refractivity contribution in [3.8, 4) is 6.07 Å². The Balaban J connectivity index is 1.70. The molecule has 0 saturated heterocycles. The molecular weight excluding hydrogens is 340 g/mol. The third kappa shape index (κ3) is 4.91. The number of pyridine rings is 1. The van der Waals surface area contributed by atoms with E-state index in [1.165, 1.54) is 25.1 Å². The highest BCUT2D eigenvalue weighted by Gasteiger charge is 2.18. The molecule has 1 heterocycles. The number of carbonyl (C=O) groups excluding carboxylic acids is 2. The van der Waals surface area contributed by atoms with E-state index in [1.54, 1.807) is 30.3 Å². The van der Waals surface area contributed by atoms with E-state index in [4.69, 9.17) is 5.26 Å². The van der Waals surface area contributed by atoms with Crippen molar-refractivity contribution < 1.29 is 9.59 Å². The van der Waals surface area contributed by atoms with Gasteiger partial charge in [-0.3, -0.25) is 14.6 Å². The summed E-state index contributed by atoms with van der Waals surface area (Å²) in [6, 6.07) is 12.0. The lowest BCUT2D eigenvalue weighted by Crippen LogP contribution is -2.35. The van der Waals surface area contributed by atoms with E-state index < -0.39 is 0 Å². The smallest absolute Gasteiger partial charge is 0.270 e. The van der Waals surface area contributed by atoms with Crippen molar-refractivity contribution in [2.45, 2.75) is 44.6 Å². The number of amides is 2. The quantitative estimate of drug-likeness (QED) is 0.812. The van der Waals surface area contributed by atoms with E-state index >= 15 is 0 Å². The molecule has 2 amide bonds. The van der Waals surface area contributed by atoms with Gasteiger partial charge in [-0.25, -0.2) is 0 Å². The molecule has 1 fully saturated rings. The number of nitrogens with zero attached hydrogens (tertiary/aromatic N) is 2. The summed E-state index contributed by atoms with van der Waals surface area (Å²) >= 11 is 0. The Kier molecular flexibility index (Phi) is 6.16. The second-order valence-electron chi connectivity index (χ2n) is 6.70. The number of rotatable bonds is 4. The maximum absolute atomic E-state index is 12.5. The molecule has 138 valence electrons. The minimum absolute atomic E-state index is 0.168. The molecule has 1 aliphatic carbocycles. The van der Waals surface area contributed by atoms with Crippen molar-refractivity contribution in [1.29, 1.82) is 5.26 Å². The van der Waals surface area contributed by atoms with Crippen molar-refractivity contribution in [3.05, 3.63) is 59.4 Å². The zero-order chi connectivity index (χ0) is 19.1. The van der Waals surface area contributed by atoms with Crippen LogP contribution in [0.1, 0.15) is 64.9 Å². The molecule has 1 aromatic carbocycles. The van der Waals surface area contributed by atoms with Crippen LogP contribution in [0.25, 0.3) is 0 Å². The lowest BCUT2D eigenvalue weighted by Gasteiger charge is -2.16. The molecule has 1 saturated carbocycles. The number of carbonyl (C=O) groups is 2. The van der Waals surface area contributed by atoms with Gasteiger partial charge < -0.3 is 10.6 Å². The molecule has 2 N–H and O–H groups in total. The van der Waals surface area contributed by atoms with Crippen LogP contribution in [0.3, 0.4) is 0 Å². The lowest BCUT2D eigenvalue weighted by molar-refractivity contribution is 0.0928. The average Bonchev–Trinajstić information content (AvgIpc) is 2.97. The third-order valence-electron chi connectivity index (χ3n) is 4.74. The first-order valence-electron chi connectivity index (χ1n) is 9.25. The van der Waals surface area contributed by atoms with E-state index in [0.29, 0.717) is 16.8 Å². The standard InChI is InChI=1S/C21H22N4O2/c22-14-16-7-5-6-10-18(16)25-20(26)15-11-12-23-19(13-15)21(27)24-17-8-3-1-2-4-9-17/h5-7,10-13,17H,1-4,8-9H2,(H,24,27)(H,25,26). The van der Waals surface area contributed by atoms with Crippen LogP contribution in [0, 0.1) is 11.3 Å². The van der Waals surface area contributed by atoms with Gasteiger partial charge in [-0.15, -0.1) is 0 Å². The summed E-state index contributed by atoms with van der Waals surface area (Å²) in [6.07, 6.45) is 8.09. The first-order valence-corrected chi connectivity index (χ1v) is 9.25. The van der Waals surface area contributed by atoms with Crippen LogP contribution in [-0.4, -0.2) is 22.8 Å². The van der Waals surface area contributed by atoms with Crippen molar-refractivity contribution >= 4 is 17.5 Å². The number of para-hydroxylation sites is 1. The van der Waals surface area contributed by atoms with Crippen molar-refractivity contribution in [3.63, 3.8) is 0 Å². The molecule has 6 heteroatoms. The molecular formula is C21H22N4O2. The molecule has 0 atom stereocenters. The van der Waals surface area contributed by atoms with E-state index in [2.05, 4.69) is 15.6 Å². The first-order chi connectivity index (χ1) is 13.2. The Morgan fingerprint density at radius 3 is 2.52 bits per heavy atom. The Labute approximate surface area is 158 Å². The fourth-order valence-electron chi connectivity index (χ4n) is 3.26. The highest BCUT2D eigenvalue weighted by molar-refractivity contribution is 6.06. The van der Waals surface area contributed by atoms with Gasteiger partial charge in [-0.1, -0.05) is 37.8 Å². The fraction of sp³-hybridized carbons (Fsp3) is 0.333. The summed E-state index contributed by atoms with van der Waals surface area (Å²) < 4.78 is 0. The molecule has 1 aromatic heterocycles. The lowest BCUT2D eigenvalue weighted by atomic mass is 10.1. The van der Waals surface area contributed by atoms with Crippen LogP contribution in [0.2, 0.25) is 0 Å². The number of nitriles is 1. The topological polar surface area (TPSA) is 94.9 Å². The maximum atomic E-state index is 12.5. The summed E-state index contributed by atoms with van der Waals surface area (Å²) in [5.41, 5.74) is 1.36. The average molecular weight is 362 g/mol. The van der Waals surface area contributed by atoms with E-state index in [-0.39, 0.29) is 23.6 Å². The van der Waals surface area contributed by atoms with Gasteiger partial charge >= 0.3 is 0 Å². The molecule has 1 aliphatic rings. The number of hydrogen-bond donors (Lipinski definition) is 2. The summed E-state index contributed by atoms with van der Waals surface area (Å²) in [6.45, 7) is 0. The van der Waals surface area contributed by atoms with Gasteiger partial charge in [0, 0.05) is 17.8 Å². The number of hydrogen-bond acceptors (Lipinski definition) is 4. The molecule has 0 spiro atoms. The number of aromatic nitrogens is 1. The third-order valence-corrected chi connectivity index (χ3v) is 4.74. The van der Waals surface area contributed by atoms with Gasteiger partial charge in [0.2, 0.25) is 0 Å². The molecule has 6 nitrogen and oxygen atoms in total. The summed E-state index contributed by atoms with van der Waals surface area (Å²) in [7, 11) is 0. The second kappa shape index (κ2) is 8.95. The maximum Gasteiger partial charge on any atom is 0.270 e. The van der Waals surface area contributed by atoms with Gasteiger partial charge in [0.15, 0.2) is 0 Å².